The summed E-state index contributed by atoms with van der Waals surface area (Å²) in [5.74, 6) is 1.07. The van der Waals surface area contributed by atoms with Crippen molar-refractivity contribution >= 4 is 27.0 Å². The number of nitrogens with zero attached hydrogens (tertiary/aromatic N) is 5. The lowest BCUT2D eigenvalue weighted by Gasteiger charge is -2.54. The summed E-state index contributed by atoms with van der Waals surface area (Å²) in [5, 5.41) is 4.83. The summed E-state index contributed by atoms with van der Waals surface area (Å²) in [6.45, 7) is 5.65. The van der Waals surface area contributed by atoms with Gasteiger partial charge in [0, 0.05) is 50.6 Å². The minimum Gasteiger partial charge on any atom is -0.396 e. The third kappa shape index (κ3) is 4.50. The zero-order valence-electron chi connectivity index (χ0n) is 21.0. The van der Waals surface area contributed by atoms with Crippen molar-refractivity contribution in [1.29, 1.82) is 0 Å². The molecular formula is C25H29F3N6O3S. The van der Waals surface area contributed by atoms with E-state index in [9.17, 15) is 21.6 Å². The normalized spacial score (nSPS) is 21.0. The molecule has 0 unspecified atom stereocenters. The highest BCUT2D eigenvalue weighted by Gasteiger charge is 2.55. The molecule has 0 saturated carbocycles. The van der Waals surface area contributed by atoms with E-state index >= 15 is 0 Å². The number of anilines is 2. The number of sulfone groups is 1. The Morgan fingerprint density at radius 1 is 1.16 bits per heavy atom. The van der Waals surface area contributed by atoms with Crippen LogP contribution in [0.5, 0.6) is 0 Å². The maximum atomic E-state index is 13.6. The van der Waals surface area contributed by atoms with E-state index in [1.807, 2.05) is 0 Å². The topological polar surface area (TPSA) is 106 Å². The Labute approximate surface area is 218 Å². The number of likely N-dealkylation sites (tertiary alicyclic amines) is 1. The van der Waals surface area contributed by atoms with Gasteiger partial charge in [0.05, 0.1) is 47.4 Å². The van der Waals surface area contributed by atoms with Gasteiger partial charge in [0.2, 0.25) is 0 Å². The van der Waals surface area contributed by atoms with E-state index < -0.39 is 21.6 Å². The first-order chi connectivity index (χ1) is 17.9. The summed E-state index contributed by atoms with van der Waals surface area (Å²) in [5.41, 5.74) is 8.51. The molecule has 13 heteroatoms. The van der Waals surface area contributed by atoms with Crippen molar-refractivity contribution < 1.29 is 26.3 Å². The summed E-state index contributed by atoms with van der Waals surface area (Å²) in [6.07, 6.45) is -4.26. The zero-order valence-corrected chi connectivity index (χ0v) is 21.8. The predicted octanol–water partition coefficient (Wildman–Crippen LogP) is 2.30. The van der Waals surface area contributed by atoms with Crippen LogP contribution in [0.4, 0.5) is 24.7 Å². The van der Waals surface area contributed by atoms with E-state index in [1.54, 1.807) is 16.6 Å². The van der Waals surface area contributed by atoms with Gasteiger partial charge in [0.1, 0.15) is 0 Å². The fraction of sp³-hybridized carbons (Fsp3) is 0.520. The molecular weight excluding hydrogens is 521 g/mol. The molecule has 5 heterocycles. The largest absolute Gasteiger partial charge is 0.416 e. The van der Waals surface area contributed by atoms with Gasteiger partial charge in [0.15, 0.2) is 21.3 Å². The highest BCUT2D eigenvalue weighted by atomic mass is 32.2. The van der Waals surface area contributed by atoms with Crippen molar-refractivity contribution in [2.75, 3.05) is 61.5 Å². The van der Waals surface area contributed by atoms with Crippen molar-refractivity contribution in [3.63, 3.8) is 0 Å². The second kappa shape index (κ2) is 8.82. The van der Waals surface area contributed by atoms with Crippen LogP contribution >= 0.6 is 0 Å². The fourth-order valence-corrected chi connectivity index (χ4v) is 8.18. The molecule has 1 aromatic carbocycles. The Bertz CT molecular complexity index is 1490. The number of rotatable bonds is 5. The maximum Gasteiger partial charge on any atom is 0.416 e. The molecule has 9 nitrogen and oxygen atoms in total. The number of morpholine rings is 1. The standard InChI is InChI=1S/C25H29F3N6O3S/c1-16-17(3-2-4-18(16)25(26,27)28)9-21-20(11-32-12-24(13-32)14-38(35,36)15-24)30-23-19(29)10-22(31-34(21)23)33-5-7-37-8-6-33/h2-4,10H,5-9,11-15,29H2,1H3. The number of benzene rings is 1. The Hall–Kier alpha value is -2.90. The minimum atomic E-state index is -4.45. The van der Waals surface area contributed by atoms with Gasteiger partial charge >= 0.3 is 6.18 Å². The van der Waals surface area contributed by atoms with Crippen LogP contribution in [0.2, 0.25) is 0 Å². The second-order valence-corrected chi connectivity index (χ2v) is 12.8. The molecule has 38 heavy (non-hydrogen) atoms. The SMILES string of the molecule is Cc1c(Cc2c(CN3CC4(C3)CS(=O)(=O)C4)nc3c(N)cc(N4CCOCC4)nn23)cccc1C(F)(F)F. The molecule has 3 aromatic rings. The molecule has 2 aromatic heterocycles. The van der Waals surface area contributed by atoms with E-state index in [0.29, 0.717) is 80.0 Å². The molecule has 0 radical (unpaired) electrons. The number of halogens is 3. The number of fused-ring (bicyclic) bond motifs is 1. The van der Waals surface area contributed by atoms with Crippen LogP contribution in [-0.4, -0.2) is 78.8 Å². The van der Waals surface area contributed by atoms with Gasteiger partial charge in [-0.25, -0.2) is 17.9 Å². The van der Waals surface area contributed by atoms with Crippen LogP contribution in [0, 0.1) is 12.3 Å². The van der Waals surface area contributed by atoms with Crippen molar-refractivity contribution in [1.82, 2.24) is 19.5 Å². The van der Waals surface area contributed by atoms with Crippen LogP contribution in [0.15, 0.2) is 24.3 Å². The van der Waals surface area contributed by atoms with Crippen LogP contribution in [0.25, 0.3) is 5.65 Å². The summed E-state index contributed by atoms with van der Waals surface area (Å²) in [7, 11) is -2.94. The minimum absolute atomic E-state index is 0.167. The van der Waals surface area contributed by atoms with E-state index in [0.717, 1.165) is 6.07 Å². The Morgan fingerprint density at radius 3 is 2.53 bits per heavy atom. The van der Waals surface area contributed by atoms with Crippen LogP contribution in [0.3, 0.4) is 0 Å². The number of ether oxygens (including phenoxy) is 1. The molecule has 3 fully saturated rings. The maximum absolute atomic E-state index is 13.6. The first-order valence-electron chi connectivity index (χ1n) is 12.5. The lowest BCUT2D eigenvalue weighted by molar-refractivity contribution is -0.138. The van der Waals surface area contributed by atoms with Crippen molar-refractivity contribution in [3.8, 4) is 0 Å². The highest BCUT2D eigenvalue weighted by molar-refractivity contribution is 7.92. The van der Waals surface area contributed by atoms with Gasteiger partial charge in [-0.05, 0) is 24.1 Å². The number of hydrogen-bond donors (Lipinski definition) is 1. The number of nitrogen functional groups attached to an aromatic ring is 1. The fourth-order valence-electron chi connectivity index (χ4n) is 6.03. The third-order valence-corrected chi connectivity index (χ3v) is 9.87. The predicted molar refractivity (Wildman–Crippen MR) is 136 cm³/mol. The smallest absolute Gasteiger partial charge is 0.396 e. The molecule has 6 rings (SSSR count). The molecule has 0 bridgehead atoms. The molecule has 3 aliphatic rings. The number of aromatic nitrogens is 3. The second-order valence-electron chi connectivity index (χ2n) is 10.7. The summed E-state index contributed by atoms with van der Waals surface area (Å²) in [4.78, 5) is 8.97. The highest BCUT2D eigenvalue weighted by Crippen LogP contribution is 2.42. The van der Waals surface area contributed by atoms with Crippen molar-refractivity contribution in [2.24, 2.45) is 5.41 Å². The monoisotopic (exact) mass is 550 g/mol. The van der Waals surface area contributed by atoms with Crippen molar-refractivity contribution in [2.45, 2.75) is 26.1 Å². The van der Waals surface area contributed by atoms with Gasteiger partial charge in [-0.2, -0.15) is 13.2 Å². The molecule has 1 spiro atoms. The van der Waals surface area contributed by atoms with Gasteiger partial charge < -0.3 is 15.4 Å². The third-order valence-electron chi connectivity index (χ3n) is 7.76. The Balaban J connectivity index is 1.38. The van der Waals surface area contributed by atoms with Crippen molar-refractivity contribution in [3.05, 3.63) is 52.3 Å². The summed E-state index contributed by atoms with van der Waals surface area (Å²) in [6, 6.07) is 5.98. The van der Waals surface area contributed by atoms with E-state index in [2.05, 4.69) is 9.80 Å². The quantitative estimate of drug-likeness (QED) is 0.516. The average Bonchev–Trinajstić information content (AvgIpc) is 3.15. The molecule has 3 saturated heterocycles. The van der Waals surface area contributed by atoms with E-state index in [4.69, 9.17) is 20.6 Å². The van der Waals surface area contributed by atoms with Gasteiger partial charge in [-0.15, -0.1) is 5.10 Å². The lowest BCUT2D eigenvalue weighted by atomic mass is 9.83. The van der Waals surface area contributed by atoms with Crippen LogP contribution in [-0.2, 0) is 33.7 Å². The summed E-state index contributed by atoms with van der Waals surface area (Å²) >= 11 is 0. The van der Waals surface area contributed by atoms with Gasteiger partial charge in [0.25, 0.3) is 0 Å². The lowest BCUT2D eigenvalue weighted by Crippen LogP contribution is -2.67. The molecule has 3 aliphatic heterocycles. The van der Waals surface area contributed by atoms with Gasteiger partial charge in [-0.3, -0.25) is 4.90 Å². The Kier molecular flexibility index (Phi) is 5.89. The molecule has 2 N–H and O–H groups in total. The average molecular weight is 551 g/mol. The Morgan fingerprint density at radius 2 is 1.87 bits per heavy atom. The molecule has 0 amide bonds. The zero-order chi connectivity index (χ0) is 26.9. The number of imidazole rings is 1. The molecule has 0 aliphatic carbocycles. The number of hydrogen-bond acceptors (Lipinski definition) is 8. The first kappa shape index (κ1) is 25.4. The van der Waals surface area contributed by atoms with Gasteiger partial charge in [-0.1, -0.05) is 12.1 Å². The van der Waals surface area contributed by atoms with Crippen LogP contribution < -0.4 is 10.6 Å². The van der Waals surface area contributed by atoms with E-state index in [1.165, 1.54) is 13.0 Å². The molecule has 204 valence electrons. The first-order valence-corrected chi connectivity index (χ1v) is 14.3. The summed E-state index contributed by atoms with van der Waals surface area (Å²) < 4.78 is 71.4. The molecule has 0 atom stereocenters. The van der Waals surface area contributed by atoms with Crippen LogP contribution in [0.1, 0.15) is 28.1 Å². The number of nitrogens with two attached hydrogens (primary N) is 1. The van der Waals surface area contributed by atoms with E-state index in [-0.39, 0.29) is 28.9 Å². The number of alkyl halides is 3.